The molecule has 3 rings (SSSR count). The third-order valence-electron chi connectivity index (χ3n) is 4.24. The summed E-state index contributed by atoms with van der Waals surface area (Å²) in [5.41, 5.74) is 2.71. The molecule has 1 aromatic carbocycles. The zero-order valence-corrected chi connectivity index (χ0v) is 11.4. The second-order valence-corrected chi connectivity index (χ2v) is 5.50. The second kappa shape index (κ2) is 5.62. The Balaban J connectivity index is 1.81. The van der Waals surface area contributed by atoms with Crippen LogP contribution in [0.5, 0.6) is 0 Å². The van der Waals surface area contributed by atoms with Crippen molar-refractivity contribution in [1.82, 2.24) is 9.88 Å². The van der Waals surface area contributed by atoms with E-state index in [2.05, 4.69) is 46.9 Å². The molecule has 1 aromatic heterocycles. The summed E-state index contributed by atoms with van der Waals surface area (Å²) in [6, 6.07) is 9.27. The van der Waals surface area contributed by atoms with Crippen LogP contribution in [0.25, 0.3) is 10.9 Å². The number of hydrogen-bond donors (Lipinski definition) is 1. The molecule has 2 heteroatoms. The lowest BCUT2D eigenvalue weighted by Gasteiger charge is -2.35. The smallest absolute Gasteiger partial charge is 0.0456 e. The van der Waals surface area contributed by atoms with Crippen molar-refractivity contribution in [2.45, 2.75) is 31.7 Å². The highest BCUT2D eigenvalue weighted by molar-refractivity contribution is 5.83. The van der Waals surface area contributed by atoms with Gasteiger partial charge in [0.1, 0.15) is 0 Å². The minimum absolute atomic E-state index is 0.672. The van der Waals surface area contributed by atoms with Crippen LogP contribution in [-0.4, -0.2) is 29.0 Å². The number of piperidine rings is 1. The predicted octanol–water partition coefficient (Wildman–Crippen LogP) is 3.75. The molecule has 0 radical (unpaired) electrons. The highest BCUT2D eigenvalue weighted by Crippen LogP contribution is 2.24. The van der Waals surface area contributed by atoms with Gasteiger partial charge in [0, 0.05) is 29.7 Å². The minimum Gasteiger partial charge on any atom is -0.361 e. The van der Waals surface area contributed by atoms with Crippen molar-refractivity contribution < 1.29 is 0 Å². The monoisotopic (exact) mass is 254 g/mol. The number of para-hydroxylation sites is 1. The topological polar surface area (TPSA) is 19.0 Å². The molecule has 0 bridgehead atoms. The summed E-state index contributed by atoms with van der Waals surface area (Å²) in [5.74, 6) is 0. The molecule has 0 aliphatic carbocycles. The van der Waals surface area contributed by atoms with Gasteiger partial charge in [-0.15, -0.1) is 6.58 Å². The SMILES string of the molecule is C=CCN1CCCCC1Cc1c[nH]c2ccccc12. The molecule has 0 spiro atoms. The number of aromatic nitrogens is 1. The molecule has 2 heterocycles. The highest BCUT2D eigenvalue weighted by atomic mass is 15.2. The Hall–Kier alpha value is -1.54. The summed E-state index contributed by atoms with van der Waals surface area (Å²) in [4.78, 5) is 5.97. The highest BCUT2D eigenvalue weighted by Gasteiger charge is 2.22. The van der Waals surface area contributed by atoms with Crippen LogP contribution in [0, 0.1) is 0 Å². The van der Waals surface area contributed by atoms with Gasteiger partial charge in [-0.25, -0.2) is 0 Å². The van der Waals surface area contributed by atoms with Crippen LogP contribution < -0.4 is 0 Å². The average molecular weight is 254 g/mol. The summed E-state index contributed by atoms with van der Waals surface area (Å²) >= 11 is 0. The molecule has 0 amide bonds. The normalized spacial score (nSPS) is 20.7. The van der Waals surface area contributed by atoms with Crippen LogP contribution in [0.1, 0.15) is 24.8 Å². The zero-order chi connectivity index (χ0) is 13.1. The largest absolute Gasteiger partial charge is 0.361 e. The number of nitrogens with zero attached hydrogens (tertiary/aromatic N) is 1. The van der Waals surface area contributed by atoms with Crippen molar-refractivity contribution in [2.75, 3.05) is 13.1 Å². The van der Waals surface area contributed by atoms with E-state index in [0.717, 1.165) is 13.0 Å². The molecule has 1 atom stereocenters. The van der Waals surface area contributed by atoms with Gasteiger partial charge in [-0.1, -0.05) is 30.7 Å². The molecule has 1 saturated heterocycles. The lowest BCUT2D eigenvalue weighted by atomic mass is 9.95. The molecular formula is C17H22N2. The zero-order valence-electron chi connectivity index (χ0n) is 11.4. The molecule has 1 fully saturated rings. The van der Waals surface area contributed by atoms with Crippen LogP contribution in [0.2, 0.25) is 0 Å². The Kier molecular flexibility index (Phi) is 3.69. The maximum atomic E-state index is 3.89. The fraction of sp³-hybridized carbons (Fsp3) is 0.412. The molecule has 100 valence electrons. The third kappa shape index (κ3) is 2.59. The van der Waals surface area contributed by atoms with Crippen LogP contribution in [0.3, 0.4) is 0 Å². The molecule has 2 nitrogen and oxygen atoms in total. The first kappa shape index (κ1) is 12.5. The predicted molar refractivity (Wildman–Crippen MR) is 81.4 cm³/mol. The van der Waals surface area contributed by atoms with E-state index in [1.54, 1.807) is 0 Å². The molecule has 1 aliphatic rings. The molecule has 19 heavy (non-hydrogen) atoms. The number of hydrogen-bond acceptors (Lipinski definition) is 1. The summed E-state index contributed by atoms with van der Waals surface area (Å²) < 4.78 is 0. The maximum absolute atomic E-state index is 3.89. The van der Waals surface area contributed by atoms with Crippen LogP contribution in [0.4, 0.5) is 0 Å². The van der Waals surface area contributed by atoms with E-state index in [-0.39, 0.29) is 0 Å². The van der Waals surface area contributed by atoms with Gasteiger partial charge in [-0.3, -0.25) is 4.90 Å². The van der Waals surface area contributed by atoms with E-state index in [4.69, 9.17) is 0 Å². The van der Waals surface area contributed by atoms with Crippen molar-refractivity contribution in [3.63, 3.8) is 0 Å². The molecule has 1 N–H and O–H groups in total. The summed E-state index contributed by atoms with van der Waals surface area (Å²) in [6.07, 6.45) is 9.38. The number of H-pyrrole nitrogens is 1. The second-order valence-electron chi connectivity index (χ2n) is 5.50. The van der Waals surface area contributed by atoms with E-state index in [1.807, 2.05) is 6.08 Å². The summed E-state index contributed by atoms with van der Waals surface area (Å²) in [7, 11) is 0. The van der Waals surface area contributed by atoms with Gasteiger partial charge in [-0.2, -0.15) is 0 Å². The first-order chi connectivity index (χ1) is 9.38. The number of rotatable bonds is 4. The van der Waals surface area contributed by atoms with Crippen LogP contribution in [0.15, 0.2) is 43.1 Å². The van der Waals surface area contributed by atoms with Gasteiger partial charge < -0.3 is 4.98 Å². The van der Waals surface area contributed by atoms with Gasteiger partial charge in [0.15, 0.2) is 0 Å². The molecular weight excluding hydrogens is 232 g/mol. The lowest BCUT2D eigenvalue weighted by molar-refractivity contribution is 0.164. The summed E-state index contributed by atoms with van der Waals surface area (Å²) in [5, 5.41) is 1.38. The van der Waals surface area contributed by atoms with Crippen molar-refractivity contribution in [2.24, 2.45) is 0 Å². The van der Waals surface area contributed by atoms with E-state index >= 15 is 0 Å². The van der Waals surface area contributed by atoms with Crippen molar-refractivity contribution in [3.8, 4) is 0 Å². The number of benzene rings is 1. The Morgan fingerprint density at radius 2 is 2.21 bits per heavy atom. The Labute approximate surface area is 115 Å². The van der Waals surface area contributed by atoms with E-state index in [0.29, 0.717) is 6.04 Å². The van der Waals surface area contributed by atoms with Crippen molar-refractivity contribution in [3.05, 3.63) is 48.7 Å². The van der Waals surface area contributed by atoms with E-state index in [1.165, 1.54) is 42.3 Å². The number of nitrogens with one attached hydrogen (secondary N) is 1. The number of likely N-dealkylation sites (tertiary alicyclic amines) is 1. The Bertz CT molecular complexity index is 555. The minimum atomic E-state index is 0.672. The standard InChI is InChI=1S/C17H22N2/c1-2-10-19-11-6-5-7-15(19)12-14-13-18-17-9-4-3-8-16(14)17/h2-4,8-9,13,15,18H,1,5-7,10-12H2. The maximum Gasteiger partial charge on any atom is 0.0456 e. The van der Waals surface area contributed by atoms with Crippen molar-refractivity contribution >= 4 is 10.9 Å². The molecule has 2 aromatic rings. The number of fused-ring (bicyclic) bond motifs is 1. The lowest BCUT2D eigenvalue weighted by Crippen LogP contribution is -2.40. The fourth-order valence-corrected chi connectivity index (χ4v) is 3.25. The Morgan fingerprint density at radius 3 is 3.11 bits per heavy atom. The van der Waals surface area contributed by atoms with Gasteiger partial charge in [0.05, 0.1) is 0 Å². The molecule has 1 aliphatic heterocycles. The summed E-state index contributed by atoms with van der Waals surface area (Å²) in [6.45, 7) is 6.13. The van der Waals surface area contributed by atoms with Crippen LogP contribution in [-0.2, 0) is 6.42 Å². The van der Waals surface area contributed by atoms with E-state index < -0.39 is 0 Å². The average Bonchev–Trinajstić information content (AvgIpc) is 2.85. The Morgan fingerprint density at radius 1 is 1.32 bits per heavy atom. The third-order valence-corrected chi connectivity index (χ3v) is 4.24. The van der Waals surface area contributed by atoms with Gasteiger partial charge in [0.2, 0.25) is 0 Å². The first-order valence-corrected chi connectivity index (χ1v) is 7.28. The molecule has 0 saturated carbocycles. The van der Waals surface area contributed by atoms with Gasteiger partial charge in [-0.05, 0) is 37.4 Å². The number of aromatic amines is 1. The quantitative estimate of drug-likeness (QED) is 0.823. The van der Waals surface area contributed by atoms with Gasteiger partial charge in [0.25, 0.3) is 0 Å². The van der Waals surface area contributed by atoms with E-state index in [9.17, 15) is 0 Å². The molecule has 1 unspecified atom stereocenters. The van der Waals surface area contributed by atoms with Crippen LogP contribution >= 0.6 is 0 Å². The van der Waals surface area contributed by atoms with Gasteiger partial charge >= 0.3 is 0 Å². The first-order valence-electron chi connectivity index (χ1n) is 7.28. The fourth-order valence-electron chi connectivity index (χ4n) is 3.25. The van der Waals surface area contributed by atoms with Crippen molar-refractivity contribution in [1.29, 1.82) is 0 Å².